The molecule has 0 aliphatic rings. The second kappa shape index (κ2) is 6.72. The molecule has 0 radical (unpaired) electrons. The number of anilines is 1. The maximum atomic E-state index is 10.8. The summed E-state index contributed by atoms with van der Waals surface area (Å²) in [6.07, 6.45) is 3.26. The lowest BCUT2D eigenvalue weighted by molar-refractivity contribution is 0.468. The van der Waals surface area contributed by atoms with E-state index in [9.17, 15) is 10.2 Å². The largest absolute Gasteiger partial charge is 0.505 e. The summed E-state index contributed by atoms with van der Waals surface area (Å²) in [5, 5.41) is 25.0. The second-order valence-electron chi connectivity index (χ2n) is 5.94. The minimum absolute atomic E-state index is 0.0480. The van der Waals surface area contributed by atoms with Gasteiger partial charge in [0.25, 0.3) is 0 Å². The standard InChI is InChI=1S/C21H17N3O2/c25-17-9-5-13-23-21(17)24-18(14-6-2-1-3-7-14)16-11-10-15-8-4-12-22-19(15)20(16)26/h1-13,18,25-26H,(H,23,24). The number of aromatic nitrogens is 2. The van der Waals surface area contributed by atoms with E-state index in [0.29, 0.717) is 16.9 Å². The van der Waals surface area contributed by atoms with Crippen molar-refractivity contribution in [3.05, 3.63) is 90.3 Å². The summed E-state index contributed by atoms with van der Waals surface area (Å²) in [5.74, 6) is 0.508. The molecule has 1 atom stereocenters. The molecule has 0 spiro atoms. The average Bonchev–Trinajstić information content (AvgIpc) is 2.69. The van der Waals surface area contributed by atoms with Gasteiger partial charge < -0.3 is 15.5 Å². The Morgan fingerprint density at radius 3 is 2.35 bits per heavy atom. The van der Waals surface area contributed by atoms with Crippen LogP contribution in [0.3, 0.4) is 0 Å². The molecule has 5 nitrogen and oxygen atoms in total. The molecule has 0 aliphatic carbocycles. The van der Waals surface area contributed by atoms with Crippen molar-refractivity contribution in [2.45, 2.75) is 6.04 Å². The van der Waals surface area contributed by atoms with Gasteiger partial charge in [-0.3, -0.25) is 4.98 Å². The number of aromatic hydroxyl groups is 2. The lowest BCUT2D eigenvalue weighted by Gasteiger charge is -2.22. The summed E-state index contributed by atoms with van der Waals surface area (Å²) in [4.78, 5) is 8.50. The van der Waals surface area contributed by atoms with E-state index in [4.69, 9.17) is 0 Å². The number of hydrogen-bond donors (Lipinski definition) is 3. The fourth-order valence-electron chi connectivity index (χ4n) is 3.01. The molecule has 0 saturated carbocycles. The summed E-state index contributed by atoms with van der Waals surface area (Å²) in [5.41, 5.74) is 2.13. The van der Waals surface area contributed by atoms with E-state index in [-0.39, 0.29) is 11.5 Å². The molecule has 26 heavy (non-hydrogen) atoms. The maximum Gasteiger partial charge on any atom is 0.169 e. The third kappa shape index (κ3) is 2.91. The molecular weight excluding hydrogens is 326 g/mol. The number of nitrogens with one attached hydrogen (secondary N) is 1. The second-order valence-corrected chi connectivity index (χ2v) is 5.94. The SMILES string of the molecule is Oc1cccnc1NC(c1ccccc1)c1ccc2cccnc2c1O. The van der Waals surface area contributed by atoms with Gasteiger partial charge in [-0.2, -0.15) is 0 Å². The van der Waals surface area contributed by atoms with Crippen LogP contribution in [0.5, 0.6) is 11.5 Å². The minimum atomic E-state index is -0.400. The molecule has 128 valence electrons. The predicted octanol–water partition coefficient (Wildman–Crippen LogP) is 4.24. The van der Waals surface area contributed by atoms with Crippen molar-refractivity contribution in [2.24, 2.45) is 0 Å². The van der Waals surface area contributed by atoms with E-state index in [1.807, 2.05) is 54.6 Å². The quantitative estimate of drug-likeness (QED) is 0.516. The first-order valence-electron chi connectivity index (χ1n) is 8.26. The summed E-state index contributed by atoms with van der Waals surface area (Å²) in [6.45, 7) is 0. The molecule has 3 N–H and O–H groups in total. The zero-order valence-electron chi connectivity index (χ0n) is 13.9. The highest BCUT2D eigenvalue weighted by molar-refractivity contribution is 5.86. The van der Waals surface area contributed by atoms with Gasteiger partial charge in [0.2, 0.25) is 0 Å². The first kappa shape index (κ1) is 15.9. The van der Waals surface area contributed by atoms with E-state index in [2.05, 4.69) is 15.3 Å². The fraction of sp³-hybridized carbons (Fsp3) is 0.0476. The van der Waals surface area contributed by atoms with Gasteiger partial charge in [0.15, 0.2) is 11.6 Å². The van der Waals surface area contributed by atoms with E-state index in [1.54, 1.807) is 24.5 Å². The van der Waals surface area contributed by atoms with Crippen molar-refractivity contribution in [1.82, 2.24) is 9.97 Å². The van der Waals surface area contributed by atoms with Crippen LogP contribution in [0, 0.1) is 0 Å². The van der Waals surface area contributed by atoms with Gasteiger partial charge in [-0.05, 0) is 23.8 Å². The topological polar surface area (TPSA) is 78.3 Å². The molecule has 2 aromatic heterocycles. The fourth-order valence-corrected chi connectivity index (χ4v) is 3.01. The van der Waals surface area contributed by atoms with Crippen molar-refractivity contribution >= 4 is 16.7 Å². The Balaban J connectivity index is 1.86. The molecule has 2 aromatic carbocycles. The number of phenolic OH excluding ortho intramolecular Hbond substituents is 1. The molecule has 0 fully saturated rings. The van der Waals surface area contributed by atoms with Crippen molar-refractivity contribution < 1.29 is 10.2 Å². The van der Waals surface area contributed by atoms with Gasteiger partial charge in [-0.1, -0.05) is 48.5 Å². The first-order valence-corrected chi connectivity index (χ1v) is 8.26. The minimum Gasteiger partial charge on any atom is -0.505 e. The lowest BCUT2D eigenvalue weighted by Crippen LogP contribution is -2.13. The van der Waals surface area contributed by atoms with E-state index < -0.39 is 6.04 Å². The highest BCUT2D eigenvalue weighted by Gasteiger charge is 2.21. The zero-order chi connectivity index (χ0) is 17.9. The average molecular weight is 343 g/mol. The Morgan fingerprint density at radius 2 is 1.54 bits per heavy atom. The van der Waals surface area contributed by atoms with Gasteiger partial charge in [-0.15, -0.1) is 0 Å². The van der Waals surface area contributed by atoms with Gasteiger partial charge in [0.1, 0.15) is 11.3 Å². The van der Waals surface area contributed by atoms with Gasteiger partial charge >= 0.3 is 0 Å². The van der Waals surface area contributed by atoms with Crippen LogP contribution in [0.2, 0.25) is 0 Å². The predicted molar refractivity (Wildman–Crippen MR) is 101 cm³/mol. The molecule has 4 rings (SSSR count). The molecule has 1 unspecified atom stereocenters. The van der Waals surface area contributed by atoms with Crippen LogP contribution in [0.25, 0.3) is 10.9 Å². The lowest BCUT2D eigenvalue weighted by atomic mass is 9.96. The molecule has 0 aliphatic heterocycles. The van der Waals surface area contributed by atoms with Gasteiger partial charge in [-0.25, -0.2) is 4.98 Å². The summed E-state index contributed by atoms with van der Waals surface area (Å²) in [7, 11) is 0. The number of hydrogen-bond acceptors (Lipinski definition) is 5. The monoisotopic (exact) mass is 343 g/mol. The third-order valence-electron chi connectivity index (χ3n) is 4.29. The van der Waals surface area contributed by atoms with Gasteiger partial charge in [0, 0.05) is 23.3 Å². The molecule has 0 saturated heterocycles. The van der Waals surface area contributed by atoms with Crippen molar-refractivity contribution in [3.8, 4) is 11.5 Å². The van der Waals surface area contributed by atoms with Crippen LogP contribution in [-0.2, 0) is 0 Å². The third-order valence-corrected chi connectivity index (χ3v) is 4.29. The summed E-state index contributed by atoms with van der Waals surface area (Å²) in [6, 6.07) is 20.1. The Bertz CT molecular complexity index is 1050. The van der Waals surface area contributed by atoms with E-state index in [1.165, 1.54) is 0 Å². The Kier molecular flexibility index (Phi) is 4.11. The molecule has 4 aromatic rings. The van der Waals surface area contributed by atoms with E-state index in [0.717, 1.165) is 10.9 Å². The first-order chi connectivity index (χ1) is 12.7. The Morgan fingerprint density at radius 1 is 0.769 bits per heavy atom. The zero-order valence-corrected chi connectivity index (χ0v) is 13.9. The van der Waals surface area contributed by atoms with Crippen LogP contribution in [0.4, 0.5) is 5.82 Å². The van der Waals surface area contributed by atoms with Crippen LogP contribution in [0.15, 0.2) is 79.1 Å². The van der Waals surface area contributed by atoms with Crippen molar-refractivity contribution in [1.29, 1.82) is 0 Å². The van der Waals surface area contributed by atoms with Crippen molar-refractivity contribution in [2.75, 3.05) is 5.32 Å². The number of phenols is 1. The highest BCUT2D eigenvalue weighted by atomic mass is 16.3. The number of nitrogens with zero attached hydrogens (tertiary/aromatic N) is 2. The molecular formula is C21H17N3O2. The molecule has 2 heterocycles. The Hall–Kier alpha value is -3.60. The summed E-state index contributed by atoms with van der Waals surface area (Å²) >= 11 is 0. The highest BCUT2D eigenvalue weighted by Crippen LogP contribution is 2.37. The molecule has 5 heteroatoms. The van der Waals surface area contributed by atoms with Crippen LogP contribution >= 0.6 is 0 Å². The number of rotatable bonds is 4. The Labute approximate surface area is 150 Å². The van der Waals surface area contributed by atoms with Gasteiger partial charge in [0.05, 0.1) is 6.04 Å². The number of fused-ring (bicyclic) bond motifs is 1. The molecule has 0 amide bonds. The maximum absolute atomic E-state index is 10.8. The summed E-state index contributed by atoms with van der Waals surface area (Å²) < 4.78 is 0. The van der Waals surface area contributed by atoms with Crippen molar-refractivity contribution in [3.63, 3.8) is 0 Å². The van der Waals surface area contributed by atoms with Crippen LogP contribution < -0.4 is 5.32 Å². The smallest absolute Gasteiger partial charge is 0.169 e. The molecule has 0 bridgehead atoms. The number of benzene rings is 2. The normalized spacial score (nSPS) is 12.0. The van der Waals surface area contributed by atoms with Crippen LogP contribution in [0.1, 0.15) is 17.2 Å². The van der Waals surface area contributed by atoms with E-state index >= 15 is 0 Å². The number of pyridine rings is 2. The van der Waals surface area contributed by atoms with Crippen LogP contribution in [-0.4, -0.2) is 20.2 Å².